The van der Waals surface area contributed by atoms with Crippen LogP contribution in [-0.4, -0.2) is 25.6 Å². The minimum atomic E-state index is 0.0127. The maximum atomic E-state index is 11.7. The van der Waals surface area contributed by atoms with E-state index in [-0.39, 0.29) is 18.5 Å². The van der Waals surface area contributed by atoms with Gasteiger partial charge in [-0.15, -0.1) is 0 Å². The summed E-state index contributed by atoms with van der Waals surface area (Å²) in [4.78, 5) is 11.7. The molecular formula is C14H22N2O2. The minimum absolute atomic E-state index is 0.0127. The highest BCUT2D eigenvalue weighted by atomic mass is 16.5. The molecule has 100 valence electrons. The fraction of sp³-hybridized carbons (Fsp3) is 0.500. The number of amides is 1. The Labute approximate surface area is 109 Å². The Morgan fingerprint density at radius 1 is 1.44 bits per heavy atom. The monoisotopic (exact) mass is 250 g/mol. The molecule has 1 amide bonds. The summed E-state index contributed by atoms with van der Waals surface area (Å²) in [5.41, 5.74) is 0.882. The second-order valence-corrected chi connectivity index (χ2v) is 4.34. The third kappa shape index (κ3) is 5.08. The quantitative estimate of drug-likeness (QED) is 0.781. The van der Waals surface area contributed by atoms with Gasteiger partial charge in [-0.1, -0.05) is 19.4 Å². The molecule has 0 bridgehead atoms. The number of methoxy groups -OCH3 is 1. The maximum absolute atomic E-state index is 11.7. The molecule has 0 fully saturated rings. The lowest BCUT2D eigenvalue weighted by molar-refractivity contribution is -0.120. The van der Waals surface area contributed by atoms with Crippen molar-refractivity contribution < 1.29 is 9.53 Å². The van der Waals surface area contributed by atoms with Gasteiger partial charge >= 0.3 is 0 Å². The first kappa shape index (κ1) is 14.4. The summed E-state index contributed by atoms with van der Waals surface area (Å²) in [5.74, 6) is 0.790. The van der Waals surface area contributed by atoms with Gasteiger partial charge in [0.1, 0.15) is 5.75 Å². The molecule has 0 saturated heterocycles. The van der Waals surface area contributed by atoms with Crippen LogP contribution < -0.4 is 15.4 Å². The molecule has 2 N–H and O–H groups in total. The number of carbonyl (C=O) groups is 1. The highest BCUT2D eigenvalue weighted by molar-refractivity contribution is 5.81. The first-order chi connectivity index (χ1) is 8.65. The van der Waals surface area contributed by atoms with Crippen molar-refractivity contribution in [2.45, 2.75) is 32.7 Å². The molecule has 0 spiro atoms. The number of rotatable bonds is 7. The molecule has 18 heavy (non-hydrogen) atoms. The number of hydrogen-bond donors (Lipinski definition) is 2. The van der Waals surface area contributed by atoms with Crippen LogP contribution in [0.4, 0.5) is 5.69 Å². The summed E-state index contributed by atoms with van der Waals surface area (Å²) in [5, 5.41) is 6.02. The van der Waals surface area contributed by atoms with Crippen molar-refractivity contribution in [3.63, 3.8) is 0 Å². The van der Waals surface area contributed by atoms with Gasteiger partial charge in [-0.2, -0.15) is 0 Å². The Balaban J connectivity index is 2.37. The summed E-state index contributed by atoms with van der Waals surface area (Å²) in [6.45, 7) is 4.41. The number of ether oxygens (including phenoxy) is 1. The molecule has 0 aliphatic heterocycles. The SMILES string of the molecule is CCCC(C)NC(=O)CNc1cccc(OC)c1. The van der Waals surface area contributed by atoms with E-state index in [1.54, 1.807) is 7.11 Å². The first-order valence-electron chi connectivity index (χ1n) is 6.33. The minimum Gasteiger partial charge on any atom is -0.497 e. The molecule has 0 aliphatic carbocycles. The van der Waals surface area contributed by atoms with Gasteiger partial charge in [-0.05, 0) is 25.5 Å². The van der Waals surface area contributed by atoms with Gasteiger partial charge < -0.3 is 15.4 Å². The van der Waals surface area contributed by atoms with Gasteiger partial charge in [0.25, 0.3) is 0 Å². The molecular weight excluding hydrogens is 228 g/mol. The van der Waals surface area contributed by atoms with Gasteiger partial charge in [-0.25, -0.2) is 0 Å². The smallest absolute Gasteiger partial charge is 0.239 e. The van der Waals surface area contributed by atoms with Crippen LogP contribution in [0.1, 0.15) is 26.7 Å². The Kier molecular flexibility index (Phi) is 6.05. The van der Waals surface area contributed by atoms with Crippen molar-refractivity contribution in [3.05, 3.63) is 24.3 Å². The Hall–Kier alpha value is -1.71. The van der Waals surface area contributed by atoms with E-state index >= 15 is 0 Å². The Morgan fingerprint density at radius 3 is 2.89 bits per heavy atom. The molecule has 0 heterocycles. The van der Waals surface area contributed by atoms with E-state index < -0.39 is 0 Å². The van der Waals surface area contributed by atoms with E-state index in [1.165, 1.54) is 0 Å². The lowest BCUT2D eigenvalue weighted by Gasteiger charge is -2.13. The highest BCUT2D eigenvalue weighted by Gasteiger charge is 2.06. The van der Waals surface area contributed by atoms with E-state index in [9.17, 15) is 4.79 Å². The summed E-state index contributed by atoms with van der Waals surface area (Å²) in [6, 6.07) is 7.76. The zero-order valence-electron chi connectivity index (χ0n) is 11.3. The fourth-order valence-electron chi connectivity index (χ4n) is 1.75. The molecule has 4 nitrogen and oxygen atoms in total. The molecule has 0 aromatic heterocycles. The predicted molar refractivity (Wildman–Crippen MR) is 74.0 cm³/mol. The second-order valence-electron chi connectivity index (χ2n) is 4.34. The molecule has 1 aromatic carbocycles. The molecule has 4 heteroatoms. The van der Waals surface area contributed by atoms with E-state index in [4.69, 9.17) is 4.74 Å². The molecule has 0 aliphatic rings. The van der Waals surface area contributed by atoms with Crippen molar-refractivity contribution in [1.29, 1.82) is 0 Å². The first-order valence-corrected chi connectivity index (χ1v) is 6.33. The number of nitrogens with one attached hydrogen (secondary N) is 2. The van der Waals surface area contributed by atoms with Crippen molar-refractivity contribution in [2.24, 2.45) is 0 Å². The predicted octanol–water partition coefficient (Wildman–Crippen LogP) is 2.41. The van der Waals surface area contributed by atoms with Gasteiger partial charge in [-0.3, -0.25) is 4.79 Å². The summed E-state index contributed by atoms with van der Waals surface area (Å²) < 4.78 is 5.12. The topological polar surface area (TPSA) is 50.4 Å². The second kappa shape index (κ2) is 7.58. The molecule has 1 rings (SSSR count). The van der Waals surface area contributed by atoms with Crippen LogP contribution in [0.2, 0.25) is 0 Å². The maximum Gasteiger partial charge on any atom is 0.239 e. The zero-order valence-corrected chi connectivity index (χ0v) is 11.3. The third-order valence-electron chi connectivity index (χ3n) is 2.65. The average molecular weight is 250 g/mol. The number of carbonyl (C=O) groups excluding carboxylic acids is 1. The summed E-state index contributed by atoms with van der Waals surface area (Å²) in [6.07, 6.45) is 2.08. The van der Waals surface area contributed by atoms with Crippen LogP contribution in [-0.2, 0) is 4.79 Å². The lowest BCUT2D eigenvalue weighted by atomic mass is 10.2. The standard InChI is InChI=1S/C14H22N2O2/c1-4-6-11(2)16-14(17)10-15-12-7-5-8-13(9-12)18-3/h5,7-9,11,15H,4,6,10H2,1-3H3,(H,16,17). The summed E-state index contributed by atoms with van der Waals surface area (Å²) >= 11 is 0. The molecule has 1 atom stereocenters. The fourth-order valence-corrected chi connectivity index (χ4v) is 1.75. The van der Waals surface area contributed by atoms with Crippen molar-refractivity contribution in [2.75, 3.05) is 19.0 Å². The Bertz CT molecular complexity index is 380. The number of benzene rings is 1. The van der Waals surface area contributed by atoms with Crippen LogP contribution in [0.3, 0.4) is 0 Å². The van der Waals surface area contributed by atoms with Crippen molar-refractivity contribution in [3.8, 4) is 5.75 Å². The van der Waals surface area contributed by atoms with Crippen LogP contribution >= 0.6 is 0 Å². The van der Waals surface area contributed by atoms with Gasteiger partial charge in [0, 0.05) is 17.8 Å². The summed E-state index contributed by atoms with van der Waals surface area (Å²) in [7, 11) is 1.62. The molecule has 0 saturated carbocycles. The van der Waals surface area contributed by atoms with E-state index in [1.807, 2.05) is 31.2 Å². The largest absolute Gasteiger partial charge is 0.497 e. The third-order valence-corrected chi connectivity index (χ3v) is 2.65. The van der Waals surface area contributed by atoms with Crippen LogP contribution in [0.15, 0.2) is 24.3 Å². The number of hydrogen-bond acceptors (Lipinski definition) is 3. The van der Waals surface area contributed by atoms with Gasteiger partial charge in [0.2, 0.25) is 5.91 Å². The van der Waals surface area contributed by atoms with Crippen molar-refractivity contribution >= 4 is 11.6 Å². The van der Waals surface area contributed by atoms with Crippen LogP contribution in [0.25, 0.3) is 0 Å². The van der Waals surface area contributed by atoms with E-state index in [2.05, 4.69) is 17.6 Å². The van der Waals surface area contributed by atoms with Crippen molar-refractivity contribution in [1.82, 2.24) is 5.32 Å². The zero-order chi connectivity index (χ0) is 13.4. The lowest BCUT2D eigenvalue weighted by Crippen LogP contribution is -2.36. The Morgan fingerprint density at radius 2 is 2.22 bits per heavy atom. The van der Waals surface area contributed by atoms with E-state index in [0.29, 0.717) is 0 Å². The van der Waals surface area contributed by atoms with Crippen LogP contribution in [0, 0.1) is 0 Å². The average Bonchev–Trinajstić information content (AvgIpc) is 2.37. The molecule has 1 aromatic rings. The molecule has 0 radical (unpaired) electrons. The van der Waals surface area contributed by atoms with Gasteiger partial charge in [0.15, 0.2) is 0 Å². The van der Waals surface area contributed by atoms with Crippen LogP contribution in [0.5, 0.6) is 5.75 Å². The van der Waals surface area contributed by atoms with E-state index in [0.717, 1.165) is 24.3 Å². The number of anilines is 1. The highest BCUT2D eigenvalue weighted by Crippen LogP contribution is 2.16. The molecule has 1 unspecified atom stereocenters. The normalized spacial score (nSPS) is 11.7. The van der Waals surface area contributed by atoms with Gasteiger partial charge in [0.05, 0.1) is 13.7 Å².